The molecule has 2 unspecified atom stereocenters. The van der Waals surface area contributed by atoms with E-state index in [1.165, 1.54) is 0 Å². The molecule has 2 aromatic carbocycles. The summed E-state index contributed by atoms with van der Waals surface area (Å²) in [6, 6.07) is 20.7. The molecule has 0 saturated carbocycles. The summed E-state index contributed by atoms with van der Waals surface area (Å²) in [5, 5.41) is 0.0930. The lowest BCUT2D eigenvalue weighted by Crippen LogP contribution is -2.41. The van der Waals surface area contributed by atoms with Crippen LogP contribution in [0.3, 0.4) is 0 Å². The molecular formula is C17H21NOS. The molecule has 0 saturated heterocycles. The second kappa shape index (κ2) is 6.82. The number of para-hydroxylation sites is 2. The van der Waals surface area contributed by atoms with Crippen molar-refractivity contribution in [3.05, 3.63) is 60.7 Å². The Hall–Kier alpha value is -1.45. The Morgan fingerprint density at radius 1 is 0.850 bits per heavy atom. The second-order valence-electron chi connectivity index (χ2n) is 4.99. The first-order valence-corrected chi connectivity index (χ1v) is 8.45. The number of nitrogens with zero attached hydrogens (tertiary/aromatic N) is 1. The van der Waals surface area contributed by atoms with Gasteiger partial charge in [-0.15, -0.1) is 0 Å². The Labute approximate surface area is 124 Å². The predicted octanol–water partition coefficient (Wildman–Crippen LogP) is 3.98. The summed E-state index contributed by atoms with van der Waals surface area (Å²) in [4.78, 5) is 2.26. The lowest BCUT2D eigenvalue weighted by atomic mass is 10.1. The van der Waals surface area contributed by atoms with E-state index < -0.39 is 11.2 Å². The lowest BCUT2D eigenvalue weighted by Gasteiger charge is -2.34. The van der Waals surface area contributed by atoms with Crippen LogP contribution in [0.2, 0.25) is 0 Å². The van der Waals surface area contributed by atoms with Crippen LogP contribution in [-0.4, -0.2) is 22.1 Å². The molecule has 106 valence electrons. The molecule has 0 aliphatic carbocycles. The van der Waals surface area contributed by atoms with Crippen molar-refractivity contribution in [2.75, 3.05) is 11.2 Å². The van der Waals surface area contributed by atoms with Crippen molar-refractivity contribution >= 4 is 22.6 Å². The second-order valence-corrected chi connectivity index (χ2v) is 6.73. The summed E-state index contributed by atoms with van der Waals surface area (Å²) in [6.45, 7) is 4.17. The molecule has 0 N–H and O–H groups in total. The summed E-state index contributed by atoms with van der Waals surface area (Å²) < 4.78 is 11.8. The smallest absolute Gasteiger partial charge is 0.132 e. The average Bonchev–Trinajstić information content (AvgIpc) is 2.48. The van der Waals surface area contributed by atoms with E-state index in [0.717, 1.165) is 11.4 Å². The zero-order chi connectivity index (χ0) is 14.5. The Morgan fingerprint density at radius 2 is 1.25 bits per heavy atom. The molecule has 20 heavy (non-hydrogen) atoms. The Morgan fingerprint density at radius 3 is 1.60 bits per heavy atom. The Bertz CT molecular complexity index is 476. The highest BCUT2D eigenvalue weighted by Gasteiger charge is 2.27. The fourth-order valence-electron chi connectivity index (χ4n) is 2.28. The molecule has 3 atom stereocenters. The minimum Gasteiger partial charge on any atom is -0.616 e. The van der Waals surface area contributed by atoms with Crippen LogP contribution >= 0.6 is 0 Å². The average molecular weight is 287 g/mol. The van der Waals surface area contributed by atoms with Gasteiger partial charge in [0.1, 0.15) is 5.25 Å². The van der Waals surface area contributed by atoms with Crippen molar-refractivity contribution in [2.45, 2.75) is 25.1 Å². The highest BCUT2D eigenvalue weighted by atomic mass is 32.2. The van der Waals surface area contributed by atoms with Crippen LogP contribution in [0.4, 0.5) is 11.4 Å². The number of hydrogen-bond acceptors (Lipinski definition) is 2. The van der Waals surface area contributed by atoms with E-state index in [1.54, 1.807) is 6.26 Å². The first-order chi connectivity index (χ1) is 9.61. The van der Waals surface area contributed by atoms with Gasteiger partial charge in [-0.1, -0.05) is 47.6 Å². The molecule has 0 bridgehead atoms. The first-order valence-electron chi connectivity index (χ1n) is 6.83. The number of benzene rings is 2. The van der Waals surface area contributed by atoms with Crippen molar-refractivity contribution < 1.29 is 4.55 Å². The van der Waals surface area contributed by atoms with Crippen LogP contribution in [0, 0.1) is 0 Å². The molecule has 2 aromatic rings. The van der Waals surface area contributed by atoms with Crippen molar-refractivity contribution in [1.29, 1.82) is 0 Å². The van der Waals surface area contributed by atoms with Crippen molar-refractivity contribution in [2.24, 2.45) is 0 Å². The van der Waals surface area contributed by atoms with Crippen molar-refractivity contribution in [1.82, 2.24) is 0 Å². The molecule has 0 radical (unpaired) electrons. The number of rotatable bonds is 5. The maximum Gasteiger partial charge on any atom is 0.132 e. The zero-order valence-corrected chi connectivity index (χ0v) is 13.0. The van der Waals surface area contributed by atoms with Crippen LogP contribution < -0.4 is 4.90 Å². The van der Waals surface area contributed by atoms with Crippen LogP contribution in [0.5, 0.6) is 0 Å². The molecule has 0 spiro atoms. The highest BCUT2D eigenvalue weighted by molar-refractivity contribution is 7.91. The monoisotopic (exact) mass is 287 g/mol. The zero-order valence-electron chi connectivity index (χ0n) is 12.2. The molecule has 2 nitrogen and oxygen atoms in total. The van der Waals surface area contributed by atoms with E-state index >= 15 is 0 Å². The van der Waals surface area contributed by atoms with Gasteiger partial charge in [-0.3, -0.25) is 0 Å². The molecule has 0 aliphatic rings. The van der Waals surface area contributed by atoms with Crippen molar-refractivity contribution in [3.8, 4) is 0 Å². The molecule has 0 aliphatic heterocycles. The molecule has 3 heteroatoms. The summed E-state index contributed by atoms with van der Waals surface area (Å²) in [5.41, 5.74) is 2.26. The molecule has 0 aromatic heterocycles. The third kappa shape index (κ3) is 3.35. The van der Waals surface area contributed by atoms with Crippen molar-refractivity contribution in [3.63, 3.8) is 0 Å². The van der Waals surface area contributed by atoms with Crippen LogP contribution in [0.1, 0.15) is 13.8 Å². The van der Waals surface area contributed by atoms with E-state index in [-0.39, 0.29) is 11.3 Å². The number of hydrogen-bond donors (Lipinski definition) is 0. The minimum atomic E-state index is -0.850. The van der Waals surface area contributed by atoms with Gasteiger partial charge in [0.25, 0.3) is 0 Å². The summed E-state index contributed by atoms with van der Waals surface area (Å²) in [6.07, 6.45) is 1.77. The Kier molecular flexibility index (Phi) is 5.10. The van der Waals surface area contributed by atoms with Gasteiger partial charge in [-0.25, -0.2) is 0 Å². The quantitative estimate of drug-likeness (QED) is 0.778. The summed E-state index contributed by atoms with van der Waals surface area (Å²) in [5.74, 6) is 0. The van der Waals surface area contributed by atoms with E-state index in [0.29, 0.717) is 0 Å². The van der Waals surface area contributed by atoms with Gasteiger partial charge in [0, 0.05) is 11.4 Å². The topological polar surface area (TPSA) is 26.3 Å². The third-order valence-corrected chi connectivity index (χ3v) is 5.12. The van der Waals surface area contributed by atoms with Gasteiger partial charge in [-0.2, -0.15) is 0 Å². The van der Waals surface area contributed by atoms with E-state index in [4.69, 9.17) is 0 Å². The molecule has 0 fully saturated rings. The minimum absolute atomic E-state index is 0.0930. The van der Waals surface area contributed by atoms with Gasteiger partial charge in [0.15, 0.2) is 0 Å². The Balaban J connectivity index is 2.40. The molecule has 0 heterocycles. The van der Waals surface area contributed by atoms with Gasteiger partial charge in [-0.05, 0) is 38.1 Å². The molecular weight excluding hydrogens is 266 g/mol. The van der Waals surface area contributed by atoms with E-state index in [9.17, 15) is 4.55 Å². The predicted molar refractivity (Wildman–Crippen MR) is 88.0 cm³/mol. The largest absolute Gasteiger partial charge is 0.616 e. The molecule has 0 amide bonds. The van der Waals surface area contributed by atoms with Gasteiger partial charge < -0.3 is 9.45 Å². The van der Waals surface area contributed by atoms with Gasteiger partial charge >= 0.3 is 0 Å². The fraction of sp³-hybridized carbons (Fsp3) is 0.294. The lowest BCUT2D eigenvalue weighted by molar-refractivity contribution is 0.570. The SMILES string of the molecule is CC(C(C)[S@@+](C)[O-])N(c1ccccc1)c1ccccc1. The maximum atomic E-state index is 11.8. The van der Waals surface area contributed by atoms with Crippen LogP contribution in [0.25, 0.3) is 0 Å². The summed E-state index contributed by atoms with van der Waals surface area (Å²) in [7, 11) is 0. The third-order valence-electron chi connectivity index (χ3n) is 3.68. The van der Waals surface area contributed by atoms with E-state index in [2.05, 4.69) is 36.1 Å². The van der Waals surface area contributed by atoms with Gasteiger partial charge in [0.05, 0.1) is 12.3 Å². The normalized spacial score (nSPS) is 15.4. The first kappa shape index (κ1) is 14.9. The van der Waals surface area contributed by atoms with Crippen LogP contribution in [0.15, 0.2) is 60.7 Å². The van der Waals surface area contributed by atoms with E-state index in [1.807, 2.05) is 43.3 Å². The standard InChI is InChI=1S/C17H21NOS/c1-14(15(2)20(3)19)18(16-10-6-4-7-11-16)17-12-8-5-9-13-17/h4-15H,1-3H3/t14?,15?,20-/m1/s1. The molecule has 2 rings (SSSR count). The van der Waals surface area contributed by atoms with Gasteiger partial charge in [0.2, 0.25) is 0 Å². The number of anilines is 2. The maximum absolute atomic E-state index is 11.8. The summed E-state index contributed by atoms with van der Waals surface area (Å²) >= 11 is -0.850. The highest BCUT2D eigenvalue weighted by Crippen LogP contribution is 2.29. The fourth-order valence-corrected chi connectivity index (χ4v) is 2.96. The van der Waals surface area contributed by atoms with Crippen LogP contribution in [-0.2, 0) is 11.2 Å².